The summed E-state index contributed by atoms with van der Waals surface area (Å²) in [4.78, 5) is 10.5. The summed E-state index contributed by atoms with van der Waals surface area (Å²) in [6.45, 7) is 17.8. The number of pyridine rings is 1. The van der Waals surface area contributed by atoms with Gasteiger partial charge < -0.3 is 5.11 Å². The monoisotopic (exact) mass is 852 g/mol. The van der Waals surface area contributed by atoms with E-state index in [1.54, 1.807) is 18.2 Å². The van der Waals surface area contributed by atoms with Gasteiger partial charge in [0.1, 0.15) is 11.6 Å². The summed E-state index contributed by atoms with van der Waals surface area (Å²) in [6.07, 6.45) is 1.81. The molecule has 0 aliphatic carbocycles. The van der Waals surface area contributed by atoms with Gasteiger partial charge in [0.2, 0.25) is 0 Å². The zero-order valence-electron chi connectivity index (χ0n) is 42.0. The van der Waals surface area contributed by atoms with E-state index in [9.17, 15) is 5.11 Å². The Morgan fingerprint density at radius 1 is 0.462 bits per heavy atom. The number of hydrogen-bond acceptors (Lipinski definition) is 3. The van der Waals surface area contributed by atoms with E-state index in [0.29, 0.717) is 17.0 Å². The van der Waals surface area contributed by atoms with E-state index in [4.69, 9.17) is 14.1 Å². The standard InChI is InChI=1S/C61H59N3O/c1-39-19-21-40(22-20-39)43-31-32-62-53(36-43)46-34-44(41-23-25-47(26-24-41)59(2,3)4)33-45(35-46)50-17-14-18-55-57(50)63-58(52-38-49(61(8,9)10)28-30-56(52)65)64(55)54-29-27-48(60(5,6)7)37-51(54)42-15-12-11-13-16-42/h11-38,65H,1-10H3/i1D3. The van der Waals surface area contributed by atoms with Gasteiger partial charge in [0.25, 0.3) is 0 Å². The molecule has 9 aromatic rings. The molecule has 0 unspecified atom stereocenters. The molecule has 0 spiro atoms. The molecule has 4 heteroatoms. The van der Waals surface area contributed by atoms with Crippen LogP contribution in [0.4, 0.5) is 0 Å². The zero-order chi connectivity index (χ0) is 48.3. The second-order valence-corrected chi connectivity index (χ2v) is 20.4. The molecule has 2 aromatic heterocycles. The van der Waals surface area contributed by atoms with Crippen LogP contribution in [0.25, 0.3) is 83.9 Å². The number of nitrogens with zero attached hydrogens (tertiary/aromatic N) is 3. The first-order chi connectivity index (χ1) is 32.1. The molecule has 0 aliphatic heterocycles. The molecular formula is C61H59N3O. The third-order valence-electron chi connectivity index (χ3n) is 12.6. The molecule has 2 heterocycles. The highest BCUT2D eigenvalue weighted by Crippen LogP contribution is 2.43. The molecule has 0 bridgehead atoms. The number of aromatic hydroxyl groups is 1. The first-order valence-corrected chi connectivity index (χ1v) is 22.5. The number of hydrogen-bond donors (Lipinski definition) is 1. The van der Waals surface area contributed by atoms with Crippen LogP contribution in [0.2, 0.25) is 0 Å². The number of rotatable bonds is 7. The number of para-hydroxylation sites is 1. The van der Waals surface area contributed by atoms with Gasteiger partial charge in [-0.05, 0) is 134 Å². The predicted octanol–water partition coefficient (Wildman–Crippen LogP) is 16.3. The summed E-state index contributed by atoms with van der Waals surface area (Å²) in [5.74, 6) is 0.801. The lowest BCUT2D eigenvalue weighted by Gasteiger charge is -2.23. The van der Waals surface area contributed by atoms with Gasteiger partial charge in [-0.1, -0.05) is 171 Å². The van der Waals surface area contributed by atoms with E-state index in [0.717, 1.165) is 78.0 Å². The summed E-state index contributed by atoms with van der Waals surface area (Å²) < 4.78 is 25.9. The molecule has 4 nitrogen and oxygen atoms in total. The minimum Gasteiger partial charge on any atom is -0.507 e. The van der Waals surface area contributed by atoms with Crippen LogP contribution in [-0.4, -0.2) is 19.6 Å². The molecule has 0 saturated carbocycles. The molecule has 0 fully saturated rings. The summed E-state index contributed by atoms with van der Waals surface area (Å²) in [5.41, 5.74) is 16.6. The van der Waals surface area contributed by atoms with Crippen LogP contribution < -0.4 is 0 Å². The van der Waals surface area contributed by atoms with Crippen LogP contribution in [0.3, 0.4) is 0 Å². The van der Waals surface area contributed by atoms with Gasteiger partial charge in [0.05, 0.1) is 28.0 Å². The molecule has 0 saturated heterocycles. The Kier molecular flexibility index (Phi) is 10.0. The van der Waals surface area contributed by atoms with Crippen molar-refractivity contribution in [3.05, 3.63) is 192 Å². The van der Waals surface area contributed by atoms with Crippen molar-refractivity contribution in [2.75, 3.05) is 0 Å². The van der Waals surface area contributed by atoms with Crippen LogP contribution in [0.5, 0.6) is 5.75 Å². The van der Waals surface area contributed by atoms with Crippen LogP contribution >= 0.6 is 0 Å². The highest BCUT2D eigenvalue weighted by atomic mass is 16.3. The second kappa shape index (κ2) is 16.5. The third-order valence-corrected chi connectivity index (χ3v) is 12.6. The average molecular weight is 853 g/mol. The minimum atomic E-state index is -2.18. The lowest BCUT2D eigenvalue weighted by atomic mass is 9.84. The fourth-order valence-corrected chi connectivity index (χ4v) is 8.68. The Morgan fingerprint density at radius 2 is 1.06 bits per heavy atom. The van der Waals surface area contributed by atoms with Gasteiger partial charge >= 0.3 is 0 Å². The Bertz CT molecular complexity index is 3310. The van der Waals surface area contributed by atoms with Crippen molar-refractivity contribution in [1.29, 1.82) is 0 Å². The van der Waals surface area contributed by atoms with Crippen LogP contribution in [-0.2, 0) is 16.2 Å². The number of aryl methyl sites for hydroxylation is 1. The van der Waals surface area contributed by atoms with Gasteiger partial charge in [-0.25, -0.2) is 4.98 Å². The molecule has 0 radical (unpaired) electrons. The lowest BCUT2D eigenvalue weighted by molar-refractivity contribution is 0.475. The van der Waals surface area contributed by atoms with Crippen LogP contribution in [0.1, 0.15) is 88.7 Å². The summed E-state index contributed by atoms with van der Waals surface area (Å²) in [6, 6.07) is 56.1. The smallest absolute Gasteiger partial charge is 0.149 e. The molecule has 0 amide bonds. The fraction of sp³-hybridized carbons (Fsp3) is 0.213. The summed E-state index contributed by atoms with van der Waals surface area (Å²) in [7, 11) is 0. The number of aromatic nitrogens is 3. The van der Waals surface area contributed by atoms with Crippen molar-refractivity contribution in [3.8, 4) is 78.6 Å². The van der Waals surface area contributed by atoms with E-state index in [1.807, 2.05) is 36.5 Å². The summed E-state index contributed by atoms with van der Waals surface area (Å²) >= 11 is 0. The van der Waals surface area contributed by atoms with Gasteiger partial charge in [-0.2, -0.15) is 0 Å². The Balaban J connectivity index is 1.31. The van der Waals surface area contributed by atoms with Crippen molar-refractivity contribution in [2.24, 2.45) is 0 Å². The Labute approximate surface area is 389 Å². The van der Waals surface area contributed by atoms with Crippen molar-refractivity contribution < 1.29 is 9.22 Å². The van der Waals surface area contributed by atoms with Gasteiger partial charge in [-0.3, -0.25) is 9.55 Å². The van der Waals surface area contributed by atoms with Gasteiger partial charge in [0, 0.05) is 27.0 Å². The predicted molar refractivity (Wildman–Crippen MR) is 274 cm³/mol. The molecule has 65 heavy (non-hydrogen) atoms. The van der Waals surface area contributed by atoms with Crippen LogP contribution in [0.15, 0.2) is 170 Å². The van der Waals surface area contributed by atoms with Gasteiger partial charge in [0.15, 0.2) is 0 Å². The number of phenolic OH excluding ortho intramolecular Hbond substituents is 1. The van der Waals surface area contributed by atoms with Crippen molar-refractivity contribution in [1.82, 2.24) is 14.5 Å². The molecule has 0 aliphatic rings. The van der Waals surface area contributed by atoms with Crippen molar-refractivity contribution >= 4 is 11.0 Å². The average Bonchev–Trinajstić information content (AvgIpc) is 3.70. The largest absolute Gasteiger partial charge is 0.507 e. The molecule has 1 N–H and O–H groups in total. The third kappa shape index (κ3) is 8.66. The van der Waals surface area contributed by atoms with Crippen LogP contribution in [0, 0.1) is 6.85 Å². The number of fused-ring (bicyclic) bond motifs is 1. The SMILES string of the molecule is [2H]C([2H])([2H])c1ccc(-c2ccnc(-c3cc(-c4ccc(C(C)(C)C)cc4)cc(-c4cccc5c4nc(-c4cc(C(C)(C)C)ccc4O)n5-c4ccc(C(C)(C)C)cc4-c4ccccc4)c3)c2)cc1. The first kappa shape index (κ1) is 39.5. The van der Waals surface area contributed by atoms with E-state index >= 15 is 0 Å². The fourth-order valence-electron chi connectivity index (χ4n) is 8.68. The zero-order valence-corrected chi connectivity index (χ0v) is 39.0. The highest BCUT2D eigenvalue weighted by Gasteiger charge is 2.26. The number of phenols is 1. The van der Waals surface area contributed by atoms with E-state index in [2.05, 4.69) is 182 Å². The van der Waals surface area contributed by atoms with E-state index in [-0.39, 0.29) is 22.0 Å². The molecule has 7 aromatic carbocycles. The molecule has 9 rings (SSSR count). The summed E-state index contributed by atoms with van der Waals surface area (Å²) in [5, 5.41) is 11.8. The van der Waals surface area contributed by atoms with Crippen molar-refractivity contribution in [3.63, 3.8) is 0 Å². The maximum absolute atomic E-state index is 11.8. The van der Waals surface area contributed by atoms with Gasteiger partial charge in [-0.15, -0.1) is 0 Å². The second-order valence-electron chi connectivity index (χ2n) is 20.4. The molecule has 0 atom stereocenters. The molecule has 324 valence electrons. The quantitative estimate of drug-likeness (QED) is 0.174. The maximum Gasteiger partial charge on any atom is 0.149 e. The Hall–Kier alpha value is -7.04. The minimum absolute atomic E-state index is 0.00194. The number of benzene rings is 7. The molecular weight excluding hydrogens is 791 g/mol. The normalized spacial score (nSPS) is 13.1. The topological polar surface area (TPSA) is 50.9 Å². The van der Waals surface area contributed by atoms with E-state index < -0.39 is 6.85 Å². The first-order valence-electron chi connectivity index (χ1n) is 24.0. The Morgan fingerprint density at radius 3 is 1.74 bits per heavy atom. The maximum atomic E-state index is 11.8. The van der Waals surface area contributed by atoms with Crippen molar-refractivity contribution in [2.45, 2.75) is 85.4 Å². The van der Waals surface area contributed by atoms with E-state index in [1.165, 1.54) is 11.1 Å². The number of imidazole rings is 1. The lowest BCUT2D eigenvalue weighted by Crippen LogP contribution is -2.12. The highest BCUT2D eigenvalue weighted by molar-refractivity contribution is 5.98.